The van der Waals surface area contributed by atoms with Crippen LogP contribution < -0.4 is 10.6 Å². The van der Waals surface area contributed by atoms with Crippen LogP contribution in [-0.4, -0.2) is 21.6 Å². The number of aromatic nitrogens is 2. The van der Waals surface area contributed by atoms with E-state index < -0.39 is 0 Å². The van der Waals surface area contributed by atoms with Gasteiger partial charge in [0.05, 0.1) is 10.0 Å². The highest BCUT2D eigenvalue weighted by Crippen LogP contribution is 2.23. The number of nitrogens with one attached hydrogen (secondary N) is 2. The molecule has 29 heavy (non-hydrogen) atoms. The molecule has 0 aliphatic rings. The van der Waals surface area contributed by atoms with Crippen molar-refractivity contribution in [3.8, 4) is 0 Å². The SMILES string of the molecule is O=C(C=Cc1ccc(Cl)c(Cl)c1)NCc1cccc(NC(=O)Cn2cccn2)c1. The molecule has 6 nitrogen and oxygen atoms in total. The first-order valence-electron chi connectivity index (χ1n) is 8.77. The van der Waals surface area contributed by atoms with Gasteiger partial charge in [0.2, 0.25) is 11.8 Å². The molecule has 0 spiro atoms. The Balaban J connectivity index is 1.51. The van der Waals surface area contributed by atoms with E-state index in [1.165, 1.54) is 6.08 Å². The molecule has 0 unspecified atom stereocenters. The summed E-state index contributed by atoms with van der Waals surface area (Å²) in [6.07, 6.45) is 6.42. The predicted octanol–water partition coefficient (Wildman–Crippen LogP) is 4.16. The van der Waals surface area contributed by atoms with Crippen LogP contribution in [0.25, 0.3) is 6.08 Å². The fraction of sp³-hybridized carbons (Fsp3) is 0.0952. The summed E-state index contributed by atoms with van der Waals surface area (Å²) in [5.74, 6) is -0.427. The number of rotatable bonds is 7. The molecule has 0 atom stereocenters. The molecule has 0 saturated carbocycles. The second-order valence-corrected chi connectivity index (χ2v) is 6.99. The number of hydrogen-bond acceptors (Lipinski definition) is 3. The Morgan fingerprint density at radius 1 is 1.07 bits per heavy atom. The van der Waals surface area contributed by atoms with Gasteiger partial charge in [-0.05, 0) is 47.5 Å². The molecular formula is C21H18Cl2N4O2. The summed E-state index contributed by atoms with van der Waals surface area (Å²) in [6.45, 7) is 0.459. The van der Waals surface area contributed by atoms with Crippen LogP contribution in [0.4, 0.5) is 5.69 Å². The summed E-state index contributed by atoms with van der Waals surface area (Å²) in [7, 11) is 0. The molecular weight excluding hydrogens is 411 g/mol. The van der Waals surface area contributed by atoms with Crippen molar-refractivity contribution in [1.82, 2.24) is 15.1 Å². The minimum absolute atomic E-state index is 0.132. The van der Waals surface area contributed by atoms with Gasteiger partial charge in [0.25, 0.3) is 0 Å². The van der Waals surface area contributed by atoms with E-state index in [-0.39, 0.29) is 18.4 Å². The maximum atomic E-state index is 12.1. The summed E-state index contributed by atoms with van der Waals surface area (Å²) < 4.78 is 1.54. The van der Waals surface area contributed by atoms with Crippen LogP contribution in [0.15, 0.2) is 67.0 Å². The van der Waals surface area contributed by atoms with Gasteiger partial charge in [-0.1, -0.05) is 41.4 Å². The van der Waals surface area contributed by atoms with Gasteiger partial charge >= 0.3 is 0 Å². The van der Waals surface area contributed by atoms with Crippen molar-refractivity contribution in [2.45, 2.75) is 13.1 Å². The second-order valence-electron chi connectivity index (χ2n) is 6.18. The third-order valence-electron chi connectivity index (χ3n) is 3.91. The molecule has 0 aliphatic heterocycles. The van der Waals surface area contributed by atoms with Crippen molar-refractivity contribution in [3.63, 3.8) is 0 Å². The lowest BCUT2D eigenvalue weighted by Crippen LogP contribution is -2.21. The van der Waals surface area contributed by atoms with E-state index in [9.17, 15) is 9.59 Å². The van der Waals surface area contributed by atoms with E-state index >= 15 is 0 Å². The minimum Gasteiger partial charge on any atom is -0.348 e. The summed E-state index contributed by atoms with van der Waals surface area (Å²) in [5, 5.41) is 10.5. The van der Waals surface area contributed by atoms with Crippen LogP contribution >= 0.6 is 23.2 Å². The number of anilines is 1. The van der Waals surface area contributed by atoms with Crippen molar-refractivity contribution < 1.29 is 9.59 Å². The minimum atomic E-state index is -0.246. The van der Waals surface area contributed by atoms with Gasteiger partial charge in [-0.25, -0.2) is 0 Å². The van der Waals surface area contributed by atoms with Crippen LogP contribution in [0.2, 0.25) is 10.0 Å². The zero-order valence-electron chi connectivity index (χ0n) is 15.3. The fourth-order valence-electron chi connectivity index (χ4n) is 2.54. The summed E-state index contributed by atoms with van der Waals surface area (Å²) in [5.41, 5.74) is 2.29. The number of carbonyl (C=O) groups is 2. The number of benzene rings is 2. The molecule has 148 valence electrons. The zero-order valence-corrected chi connectivity index (χ0v) is 16.8. The maximum absolute atomic E-state index is 12.1. The van der Waals surface area contributed by atoms with E-state index in [1.807, 2.05) is 18.2 Å². The Hall–Kier alpha value is -3.09. The van der Waals surface area contributed by atoms with Gasteiger partial charge in [-0.15, -0.1) is 0 Å². The molecule has 0 saturated heterocycles. The normalized spacial score (nSPS) is 10.8. The first-order chi connectivity index (χ1) is 14.0. The molecule has 2 N–H and O–H groups in total. The standard InChI is InChI=1S/C21H18Cl2N4O2/c22-18-7-5-15(12-19(18)23)6-8-20(28)24-13-16-3-1-4-17(11-16)26-21(29)14-27-10-2-9-25-27/h1-12H,13-14H2,(H,24,28)(H,26,29). The van der Waals surface area contributed by atoms with Crippen LogP contribution in [0, 0.1) is 0 Å². The number of hydrogen-bond donors (Lipinski definition) is 2. The maximum Gasteiger partial charge on any atom is 0.246 e. The third-order valence-corrected chi connectivity index (χ3v) is 4.65. The van der Waals surface area contributed by atoms with Crippen molar-refractivity contribution >= 4 is 46.8 Å². The lowest BCUT2D eigenvalue weighted by Gasteiger charge is -2.08. The predicted molar refractivity (Wildman–Crippen MR) is 115 cm³/mol. The molecule has 3 rings (SSSR count). The quantitative estimate of drug-likeness (QED) is 0.554. The van der Waals surface area contributed by atoms with E-state index in [0.717, 1.165) is 11.1 Å². The molecule has 1 aromatic heterocycles. The lowest BCUT2D eigenvalue weighted by molar-refractivity contribution is -0.117. The highest BCUT2D eigenvalue weighted by molar-refractivity contribution is 6.42. The summed E-state index contributed by atoms with van der Waals surface area (Å²) >= 11 is 11.8. The van der Waals surface area contributed by atoms with Gasteiger partial charge in [-0.2, -0.15) is 5.10 Å². The number of amides is 2. The Bertz CT molecular complexity index is 1030. The fourth-order valence-corrected chi connectivity index (χ4v) is 2.84. The van der Waals surface area contributed by atoms with E-state index in [4.69, 9.17) is 23.2 Å². The van der Waals surface area contributed by atoms with Gasteiger partial charge in [0.15, 0.2) is 0 Å². The zero-order chi connectivity index (χ0) is 20.6. The molecule has 2 amide bonds. The van der Waals surface area contributed by atoms with Crippen molar-refractivity contribution in [2.75, 3.05) is 5.32 Å². The summed E-state index contributed by atoms with van der Waals surface area (Å²) in [4.78, 5) is 24.1. The average Bonchev–Trinajstić information content (AvgIpc) is 3.20. The molecule has 0 bridgehead atoms. The van der Waals surface area contributed by atoms with Gasteiger partial charge in [0, 0.05) is 30.7 Å². The van der Waals surface area contributed by atoms with Crippen LogP contribution in [0.3, 0.4) is 0 Å². The molecule has 2 aromatic carbocycles. The van der Waals surface area contributed by atoms with Gasteiger partial charge in [0.1, 0.15) is 6.54 Å². The highest BCUT2D eigenvalue weighted by Gasteiger charge is 2.05. The first-order valence-corrected chi connectivity index (χ1v) is 9.52. The monoisotopic (exact) mass is 428 g/mol. The number of carbonyl (C=O) groups excluding carboxylic acids is 2. The Kier molecular flexibility index (Phi) is 7.05. The topological polar surface area (TPSA) is 76.0 Å². The largest absolute Gasteiger partial charge is 0.348 e. The van der Waals surface area contributed by atoms with Crippen LogP contribution in [-0.2, 0) is 22.7 Å². The number of halogens is 2. The number of nitrogens with zero attached hydrogens (tertiary/aromatic N) is 2. The van der Waals surface area contributed by atoms with Gasteiger partial charge < -0.3 is 10.6 Å². The second kappa shape index (κ2) is 9.91. The first kappa shape index (κ1) is 20.6. The van der Waals surface area contributed by atoms with Crippen molar-refractivity contribution in [3.05, 3.63) is 88.2 Å². The van der Waals surface area contributed by atoms with Crippen molar-refractivity contribution in [2.24, 2.45) is 0 Å². The van der Waals surface area contributed by atoms with Crippen LogP contribution in [0.5, 0.6) is 0 Å². The van der Waals surface area contributed by atoms with E-state index in [2.05, 4.69) is 15.7 Å². The third kappa shape index (κ3) is 6.48. The van der Waals surface area contributed by atoms with E-state index in [1.54, 1.807) is 53.5 Å². The molecule has 0 aliphatic carbocycles. The van der Waals surface area contributed by atoms with Crippen molar-refractivity contribution in [1.29, 1.82) is 0 Å². The Morgan fingerprint density at radius 3 is 2.69 bits per heavy atom. The lowest BCUT2D eigenvalue weighted by atomic mass is 10.2. The molecule has 8 heteroatoms. The molecule has 0 fully saturated rings. The smallest absolute Gasteiger partial charge is 0.246 e. The Morgan fingerprint density at radius 2 is 1.93 bits per heavy atom. The average molecular weight is 429 g/mol. The summed E-state index contributed by atoms with van der Waals surface area (Å²) in [6, 6.07) is 14.2. The van der Waals surface area contributed by atoms with E-state index in [0.29, 0.717) is 22.3 Å². The molecule has 3 aromatic rings. The van der Waals surface area contributed by atoms with Gasteiger partial charge in [-0.3, -0.25) is 14.3 Å². The Labute approximate surface area is 178 Å². The molecule has 0 radical (unpaired) electrons. The van der Waals surface area contributed by atoms with Crippen LogP contribution in [0.1, 0.15) is 11.1 Å². The molecule has 1 heterocycles. The highest BCUT2D eigenvalue weighted by atomic mass is 35.5.